The summed E-state index contributed by atoms with van der Waals surface area (Å²) >= 11 is 0. The molecule has 15 heavy (non-hydrogen) atoms. The number of aliphatic carboxylic acids is 1. The lowest BCUT2D eigenvalue weighted by Crippen LogP contribution is -2.36. The van der Waals surface area contributed by atoms with E-state index in [1.165, 1.54) is 25.7 Å². The SMILES string of the molecule is O=C(O)[C@@H]1CC2CCCCC2N1.S.S.S. The number of carboxylic acids is 1. The van der Waals surface area contributed by atoms with E-state index in [1.54, 1.807) is 0 Å². The molecule has 92 valence electrons. The normalized spacial score (nSPS) is 32.7. The molecule has 1 saturated carbocycles. The zero-order valence-corrected chi connectivity index (χ0v) is 11.6. The van der Waals surface area contributed by atoms with Crippen LogP contribution in [0.4, 0.5) is 0 Å². The molecule has 0 aromatic carbocycles. The van der Waals surface area contributed by atoms with E-state index in [0.717, 1.165) is 6.42 Å². The Labute approximate surface area is 112 Å². The smallest absolute Gasteiger partial charge is 0.320 e. The summed E-state index contributed by atoms with van der Waals surface area (Å²) in [5.41, 5.74) is 0. The van der Waals surface area contributed by atoms with Gasteiger partial charge in [0.25, 0.3) is 0 Å². The first kappa shape index (κ1) is 17.9. The molecule has 0 spiro atoms. The first-order valence-electron chi connectivity index (χ1n) is 4.76. The average molecular weight is 271 g/mol. The van der Waals surface area contributed by atoms with E-state index in [2.05, 4.69) is 5.32 Å². The Morgan fingerprint density at radius 2 is 1.73 bits per heavy atom. The molecule has 1 saturated heterocycles. The molecule has 2 unspecified atom stereocenters. The molecule has 3 atom stereocenters. The summed E-state index contributed by atoms with van der Waals surface area (Å²) in [4.78, 5) is 10.7. The Balaban J connectivity index is 0. The Morgan fingerprint density at radius 1 is 1.13 bits per heavy atom. The van der Waals surface area contributed by atoms with Gasteiger partial charge in [-0.2, -0.15) is 40.5 Å². The van der Waals surface area contributed by atoms with Gasteiger partial charge >= 0.3 is 5.97 Å². The van der Waals surface area contributed by atoms with Crippen LogP contribution in [0.1, 0.15) is 32.1 Å². The highest BCUT2D eigenvalue weighted by molar-refractivity contribution is 7.59. The van der Waals surface area contributed by atoms with Crippen molar-refractivity contribution in [1.82, 2.24) is 5.32 Å². The summed E-state index contributed by atoms with van der Waals surface area (Å²) in [5.74, 6) is -0.0377. The lowest BCUT2D eigenvalue weighted by atomic mass is 9.85. The third kappa shape index (κ3) is 4.09. The Bertz CT molecular complexity index is 190. The van der Waals surface area contributed by atoms with Crippen LogP contribution in [0.2, 0.25) is 0 Å². The van der Waals surface area contributed by atoms with E-state index >= 15 is 0 Å². The van der Waals surface area contributed by atoms with Crippen LogP contribution in [0.15, 0.2) is 0 Å². The first-order chi connectivity index (χ1) is 5.77. The lowest BCUT2D eigenvalue weighted by molar-refractivity contribution is -0.139. The molecule has 2 N–H and O–H groups in total. The van der Waals surface area contributed by atoms with Gasteiger partial charge in [0.05, 0.1) is 0 Å². The van der Waals surface area contributed by atoms with Crippen LogP contribution in [0.25, 0.3) is 0 Å². The van der Waals surface area contributed by atoms with Crippen molar-refractivity contribution in [3.63, 3.8) is 0 Å². The van der Waals surface area contributed by atoms with Gasteiger partial charge in [0, 0.05) is 6.04 Å². The highest BCUT2D eigenvalue weighted by atomic mass is 32.1. The maximum atomic E-state index is 10.7. The predicted octanol–water partition coefficient (Wildman–Crippen LogP) is 1.33. The molecule has 0 aromatic rings. The van der Waals surface area contributed by atoms with Crippen molar-refractivity contribution in [2.45, 2.75) is 44.2 Å². The fourth-order valence-electron chi connectivity index (χ4n) is 2.51. The maximum absolute atomic E-state index is 10.7. The quantitative estimate of drug-likeness (QED) is 0.756. The minimum atomic E-state index is -0.676. The van der Waals surface area contributed by atoms with E-state index in [0.29, 0.717) is 12.0 Å². The monoisotopic (exact) mass is 271 g/mol. The number of carbonyl (C=O) groups is 1. The standard InChI is InChI=1S/C9H15NO2.3H2S/c11-9(12)8-5-6-3-1-2-4-7(6)10-8;;;/h6-8,10H,1-5H2,(H,11,12);3*1H2/t6?,7?,8-;;;/m0.../s1. The fourth-order valence-corrected chi connectivity index (χ4v) is 2.51. The van der Waals surface area contributed by atoms with Gasteiger partial charge < -0.3 is 10.4 Å². The van der Waals surface area contributed by atoms with E-state index in [4.69, 9.17) is 5.11 Å². The van der Waals surface area contributed by atoms with Crippen LogP contribution >= 0.6 is 40.5 Å². The van der Waals surface area contributed by atoms with Crippen molar-refractivity contribution >= 4 is 46.5 Å². The number of hydrogen-bond donors (Lipinski definition) is 2. The van der Waals surface area contributed by atoms with E-state index in [9.17, 15) is 4.79 Å². The molecule has 0 amide bonds. The van der Waals surface area contributed by atoms with Crippen LogP contribution in [-0.4, -0.2) is 23.2 Å². The van der Waals surface area contributed by atoms with Gasteiger partial charge in [0.15, 0.2) is 0 Å². The summed E-state index contributed by atoms with van der Waals surface area (Å²) in [6, 6.07) is 0.234. The summed E-state index contributed by atoms with van der Waals surface area (Å²) in [6.07, 6.45) is 5.80. The van der Waals surface area contributed by atoms with Gasteiger partial charge in [-0.3, -0.25) is 4.79 Å². The highest BCUT2D eigenvalue weighted by Crippen LogP contribution is 2.32. The molecule has 3 nitrogen and oxygen atoms in total. The molecule has 2 rings (SSSR count). The van der Waals surface area contributed by atoms with E-state index in [-0.39, 0.29) is 46.5 Å². The fraction of sp³-hybridized carbons (Fsp3) is 0.889. The second kappa shape index (κ2) is 7.70. The van der Waals surface area contributed by atoms with Crippen molar-refractivity contribution in [2.24, 2.45) is 5.92 Å². The number of nitrogens with one attached hydrogen (secondary N) is 1. The van der Waals surface area contributed by atoms with Crippen LogP contribution < -0.4 is 5.32 Å². The Kier molecular flexibility index (Phi) is 9.17. The van der Waals surface area contributed by atoms with Gasteiger partial charge in [-0.1, -0.05) is 12.8 Å². The number of carboxylic acid groups (broad SMARTS) is 1. The molecule has 0 radical (unpaired) electrons. The third-order valence-corrected chi connectivity index (χ3v) is 3.16. The van der Waals surface area contributed by atoms with Gasteiger partial charge in [0.2, 0.25) is 0 Å². The molecule has 6 heteroatoms. The summed E-state index contributed by atoms with van der Waals surface area (Å²) in [5, 5.41) is 12.0. The van der Waals surface area contributed by atoms with Crippen molar-refractivity contribution in [3.05, 3.63) is 0 Å². The maximum Gasteiger partial charge on any atom is 0.320 e. The molecule has 0 bridgehead atoms. The summed E-state index contributed by atoms with van der Waals surface area (Å²) in [7, 11) is 0. The van der Waals surface area contributed by atoms with Gasteiger partial charge in [0.1, 0.15) is 6.04 Å². The van der Waals surface area contributed by atoms with Gasteiger partial charge in [-0.15, -0.1) is 0 Å². The van der Waals surface area contributed by atoms with E-state index < -0.39 is 5.97 Å². The Morgan fingerprint density at radius 3 is 2.27 bits per heavy atom. The molecule has 1 aliphatic heterocycles. The summed E-state index contributed by atoms with van der Waals surface area (Å²) < 4.78 is 0. The second-order valence-electron chi connectivity index (χ2n) is 3.94. The zero-order chi connectivity index (χ0) is 8.55. The van der Waals surface area contributed by atoms with Crippen LogP contribution in [0.5, 0.6) is 0 Å². The lowest BCUT2D eigenvalue weighted by Gasteiger charge is -2.24. The van der Waals surface area contributed by atoms with Crippen LogP contribution in [0.3, 0.4) is 0 Å². The van der Waals surface area contributed by atoms with Crippen molar-refractivity contribution in [1.29, 1.82) is 0 Å². The number of hydrogen-bond acceptors (Lipinski definition) is 2. The minimum Gasteiger partial charge on any atom is -0.480 e. The number of fused-ring (bicyclic) bond motifs is 1. The largest absolute Gasteiger partial charge is 0.480 e. The first-order valence-corrected chi connectivity index (χ1v) is 4.76. The molecule has 2 aliphatic rings. The Hall–Kier alpha value is 0.480. The van der Waals surface area contributed by atoms with Crippen molar-refractivity contribution < 1.29 is 9.90 Å². The topological polar surface area (TPSA) is 49.3 Å². The minimum absolute atomic E-state index is 0. The highest BCUT2D eigenvalue weighted by Gasteiger charge is 2.37. The average Bonchev–Trinajstić information content (AvgIpc) is 2.46. The molecular weight excluding hydrogens is 250 g/mol. The summed E-state index contributed by atoms with van der Waals surface area (Å²) in [6.45, 7) is 0. The predicted molar refractivity (Wildman–Crippen MR) is 76.1 cm³/mol. The van der Waals surface area contributed by atoms with Crippen molar-refractivity contribution in [2.75, 3.05) is 0 Å². The van der Waals surface area contributed by atoms with Gasteiger partial charge in [-0.25, -0.2) is 0 Å². The molecule has 0 aromatic heterocycles. The molecule has 1 heterocycles. The van der Waals surface area contributed by atoms with Crippen LogP contribution in [0, 0.1) is 5.92 Å². The molecular formula is C9H21NO2S3. The second-order valence-corrected chi connectivity index (χ2v) is 3.94. The number of rotatable bonds is 1. The molecule has 1 aliphatic carbocycles. The van der Waals surface area contributed by atoms with Crippen molar-refractivity contribution in [3.8, 4) is 0 Å². The van der Waals surface area contributed by atoms with Crippen LogP contribution in [-0.2, 0) is 4.79 Å². The molecule has 2 fully saturated rings. The van der Waals surface area contributed by atoms with Gasteiger partial charge in [-0.05, 0) is 25.2 Å². The zero-order valence-electron chi connectivity index (χ0n) is 8.62. The third-order valence-electron chi connectivity index (χ3n) is 3.16. The van der Waals surface area contributed by atoms with E-state index in [1.807, 2.05) is 0 Å².